The Kier molecular flexibility index (Phi) is 6.13. The first-order chi connectivity index (χ1) is 13.0. The van der Waals surface area contributed by atoms with Crippen LogP contribution in [0.25, 0.3) is 0 Å². The minimum Gasteiger partial charge on any atom is -0.484 e. The van der Waals surface area contributed by atoms with Crippen LogP contribution in [0.5, 0.6) is 5.75 Å². The maximum Gasteiger partial charge on any atom is 0.277 e. The highest BCUT2D eigenvalue weighted by molar-refractivity contribution is 7.99. The number of aromatic nitrogens is 2. The summed E-state index contributed by atoms with van der Waals surface area (Å²) in [5, 5.41) is 11.1. The van der Waals surface area contributed by atoms with Crippen LogP contribution in [0.2, 0.25) is 0 Å². The molecule has 140 valence electrons. The van der Waals surface area contributed by atoms with E-state index >= 15 is 0 Å². The fourth-order valence-corrected chi connectivity index (χ4v) is 2.98. The van der Waals surface area contributed by atoms with Crippen LogP contribution in [0.15, 0.2) is 52.1 Å². The van der Waals surface area contributed by atoms with Crippen molar-refractivity contribution in [3.8, 4) is 5.75 Å². The first-order valence-electron chi connectivity index (χ1n) is 8.51. The van der Waals surface area contributed by atoms with Gasteiger partial charge in [0.1, 0.15) is 5.75 Å². The number of anilines is 1. The highest BCUT2D eigenvalue weighted by Crippen LogP contribution is 2.21. The molecule has 1 N–H and O–H groups in total. The van der Waals surface area contributed by atoms with E-state index in [0.29, 0.717) is 11.1 Å². The second kappa shape index (κ2) is 8.73. The first kappa shape index (κ1) is 19.0. The summed E-state index contributed by atoms with van der Waals surface area (Å²) >= 11 is 1.19. The third-order valence-corrected chi connectivity index (χ3v) is 4.59. The Bertz CT molecular complexity index is 940. The lowest BCUT2D eigenvalue weighted by Crippen LogP contribution is -2.13. The largest absolute Gasteiger partial charge is 0.484 e. The maximum atomic E-state index is 12.0. The fraction of sp³-hybridized carbons (Fsp3) is 0.250. The van der Waals surface area contributed by atoms with Gasteiger partial charge in [-0.25, -0.2) is 0 Å². The fourth-order valence-electron chi connectivity index (χ4n) is 2.40. The van der Waals surface area contributed by atoms with Gasteiger partial charge in [0.2, 0.25) is 5.91 Å². The molecule has 0 fully saturated rings. The second-order valence-electron chi connectivity index (χ2n) is 6.23. The number of thioether (sulfide) groups is 1. The zero-order valence-corrected chi connectivity index (χ0v) is 16.3. The molecule has 2 aromatic carbocycles. The van der Waals surface area contributed by atoms with E-state index in [0.717, 1.165) is 28.1 Å². The van der Waals surface area contributed by atoms with Gasteiger partial charge in [-0.1, -0.05) is 36.0 Å². The smallest absolute Gasteiger partial charge is 0.277 e. The zero-order chi connectivity index (χ0) is 19.2. The highest BCUT2D eigenvalue weighted by atomic mass is 32.2. The molecule has 0 radical (unpaired) electrons. The predicted molar refractivity (Wildman–Crippen MR) is 105 cm³/mol. The Morgan fingerprint density at radius 3 is 2.74 bits per heavy atom. The van der Waals surface area contributed by atoms with Crippen molar-refractivity contribution in [3.63, 3.8) is 0 Å². The molecular formula is C20H21N3O3S. The molecule has 27 heavy (non-hydrogen) atoms. The van der Waals surface area contributed by atoms with Gasteiger partial charge in [0.25, 0.3) is 11.1 Å². The zero-order valence-electron chi connectivity index (χ0n) is 15.5. The van der Waals surface area contributed by atoms with Crippen molar-refractivity contribution in [3.05, 3.63) is 65.0 Å². The summed E-state index contributed by atoms with van der Waals surface area (Å²) in [7, 11) is 0. The minimum atomic E-state index is -0.128. The molecule has 3 rings (SSSR count). The third kappa shape index (κ3) is 5.59. The van der Waals surface area contributed by atoms with Crippen molar-refractivity contribution in [2.24, 2.45) is 0 Å². The molecule has 0 saturated carbocycles. The summed E-state index contributed by atoms with van der Waals surface area (Å²) in [5.74, 6) is 1.22. The van der Waals surface area contributed by atoms with Gasteiger partial charge in [0.15, 0.2) is 6.61 Å². The van der Waals surface area contributed by atoms with Gasteiger partial charge in [-0.05, 0) is 55.7 Å². The molecule has 1 heterocycles. The highest BCUT2D eigenvalue weighted by Gasteiger charge is 2.11. The standard InChI is InChI=1S/C20H21N3O3S/c1-13-5-4-6-16(9-13)21-18(24)12-27-20-23-22-19(26-20)11-25-17-10-14(2)7-8-15(17)3/h4-10H,11-12H2,1-3H3,(H,21,24). The first-order valence-corrected chi connectivity index (χ1v) is 9.50. The Morgan fingerprint density at radius 1 is 1.11 bits per heavy atom. The van der Waals surface area contributed by atoms with Crippen molar-refractivity contribution in [1.82, 2.24) is 10.2 Å². The Morgan fingerprint density at radius 2 is 1.93 bits per heavy atom. The van der Waals surface area contributed by atoms with Crippen molar-refractivity contribution < 1.29 is 13.9 Å². The van der Waals surface area contributed by atoms with Gasteiger partial charge < -0.3 is 14.5 Å². The van der Waals surface area contributed by atoms with E-state index in [-0.39, 0.29) is 18.3 Å². The van der Waals surface area contributed by atoms with Gasteiger partial charge in [-0.15, -0.1) is 10.2 Å². The monoisotopic (exact) mass is 383 g/mol. The number of nitrogens with one attached hydrogen (secondary N) is 1. The van der Waals surface area contributed by atoms with Crippen molar-refractivity contribution >= 4 is 23.4 Å². The number of amides is 1. The van der Waals surface area contributed by atoms with Crippen LogP contribution < -0.4 is 10.1 Å². The summed E-state index contributed by atoms with van der Waals surface area (Å²) < 4.78 is 11.3. The van der Waals surface area contributed by atoms with E-state index in [1.165, 1.54) is 11.8 Å². The van der Waals surface area contributed by atoms with Crippen molar-refractivity contribution in [2.75, 3.05) is 11.1 Å². The van der Waals surface area contributed by atoms with Gasteiger partial charge >= 0.3 is 0 Å². The van der Waals surface area contributed by atoms with Crippen LogP contribution in [-0.2, 0) is 11.4 Å². The molecule has 0 atom stereocenters. The summed E-state index contributed by atoms with van der Waals surface area (Å²) in [6, 6.07) is 13.7. The number of carbonyl (C=O) groups excluding carboxylic acids is 1. The number of rotatable bonds is 7. The minimum absolute atomic E-state index is 0.128. The average Bonchev–Trinajstić information content (AvgIpc) is 3.09. The molecule has 3 aromatic rings. The van der Waals surface area contributed by atoms with E-state index in [1.54, 1.807) is 0 Å². The van der Waals surface area contributed by atoms with Gasteiger partial charge in [-0.2, -0.15) is 0 Å². The van der Waals surface area contributed by atoms with Crippen molar-refractivity contribution in [2.45, 2.75) is 32.6 Å². The molecule has 6 nitrogen and oxygen atoms in total. The molecule has 0 spiro atoms. The summed E-state index contributed by atoms with van der Waals surface area (Å²) in [6.45, 7) is 6.16. The molecule has 1 aromatic heterocycles. The number of ether oxygens (including phenoxy) is 1. The van der Waals surface area contributed by atoms with Crippen molar-refractivity contribution in [1.29, 1.82) is 0 Å². The molecule has 0 bridgehead atoms. The Labute approximate surface area is 162 Å². The average molecular weight is 383 g/mol. The molecular weight excluding hydrogens is 362 g/mol. The van der Waals surface area contributed by atoms with E-state index in [2.05, 4.69) is 15.5 Å². The number of carbonyl (C=O) groups is 1. The lowest BCUT2D eigenvalue weighted by Gasteiger charge is -2.07. The number of hydrogen-bond acceptors (Lipinski definition) is 6. The third-order valence-electron chi connectivity index (χ3n) is 3.77. The maximum absolute atomic E-state index is 12.0. The van der Waals surface area contributed by atoms with Crippen LogP contribution >= 0.6 is 11.8 Å². The summed E-state index contributed by atoms with van der Waals surface area (Å²) in [6.07, 6.45) is 0. The van der Waals surface area contributed by atoms with E-state index in [1.807, 2.05) is 63.2 Å². The molecule has 0 aliphatic heterocycles. The van der Waals surface area contributed by atoms with E-state index in [4.69, 9.17) is 9.15 Å². The van der Waals surface area contributed by atoms with Crippen LogP contribution in [0.1, 0.15) is 22.6 Å². The number of hydrogen-bond donors (Lipinski definition) is 1. The molecule has 7 heteroatoms. The molecule has 0 saturated heterocycles. The Hall–Kier alpha value is -2.80. The van der Waals surface area contributed by atoms with Gasteiger partial charge in [0, 0.05) is 5.69 Å². The lowest BCUT2D eigenvalue weighted by atomic mass is 10.1. The SMILES string of the molecule is Cc1cccc(NC(=O)CSc2nnc(COc3cc(C)ccc3C)o2)c1. The van der Waals surface area contributed by atoms with Crippen LogP contribution in [0, 0.1) is 20.8 Å². The number of benzene rings is 2. The van der Waals surface area contributed by atoms with Gasteiger partial charge in [-0.3, -0.25) is 4.79 Å². The van der Waals surface area contributed by atoms with Gasteiger partial charge in [0.05, 0.1) is 5.75 Å². The molecule has 0 unspecified atom stereocenters. The predicted octanol–water partition coefficient (Wildman–Crippen LogP) is 4.30. The summed E-state index contributed by atoms with van der Waals surface area (Å²) in [4.78, 5) is 12.0. The summed E-state index contributed by atoms with van der Waals surface area (Å²) in [5.41, 5.74) is 4.03. The van der Waals surface area contributed by atoms with E-state index in [9.17, 15) is 4.79 Å². The normalized spacial score (nSPS) is 10.6. The van der Waals surface area contributed by atoms with Crippen LogP contribution in [0.4, 0.5) is 5.69 Å². The molecule has 1 amide bonds. The van der Waals surface area contributed by atoms with Crippen LogP contribution in [0.3, 0.4) is 0 Å². The number of aryl methyl sites for hydroxylation is 3. The molecule has 0 aliphatic rings. The topological polar surface area (TPSA) is 77.2 Å². The lowest BCUT2D eigenvalue weighted by molar-refractivity contribution is -0.113. The van der Waals surface area contributed by atoms with E-state index < -0.39 is 0 Å². The second-order valence-corrected chi connectivity index (χ2v) is 7.15. The molecule has 0 aliphatic carbocycles. The quantitative estimate of drug-likeness (QED) is 0.613. The Balaban J connectivity index is 1.49. The van der Waals surface area contributed by atoms with Crippen LogP contribution in [-0.4, -0.2) is 21.9 Å². The number of nitrogens with zero attached hydrogens (tertiary/aromatic N) is 2.